The maximum Gasteiger partial charge on any atom is 0.337 e. The number of nitrogen functional groups attached to an aromatic ring is 1. The SMILES string of the molecule is COC(=O)c1cc(N)cc(C(O)CNC2CCCCC2)c1. The third-order valence-corrected chi connectivity index (χ3v) is 3.99. The normalized spacial score (nSPS) is 17.4. The number of hydrogen-bond acceptors (Lipinski definition) is 5. The summed E-state index contributed by atoms with van der Waals surface area (Å²) in [7, 11) is 1.33. The fourth-order valence-corrected chi connectivity index (χ4v) is 2.81. The zero-order valence-corrected chi connectivity index (χ0v) is 12.5. The lowest BCUT2D eigenvalue weighted by molar-refractivity contribution is 0.0600. The molecule has 1 unspecified atom stereocenters. The van der Waals surface area contributed by atoms with E-state index in [-0.39, 0.29) is 0 Å². The first-order valence-electron chi connectivity index (χ1n) is 7.50. The van der Waals surface area contributed by atoms with Crippen LogP contribution >= 0.6 is 0 Å². The third kappa shape index (κ3) is 4.44. The van der Waals surface area contributed by atoms with Crippen molar-refractivity contribution in [2.24, 2.45) is 0 Å². The maximum atomic E-state index is 11.6. The van der Waals surface area contributed by atoms with Gasteiger partial charge in [0.05, 0.1) is 18.8 Å². The van der Waals surface area contributed by atoms with Crippen molar-refractivity contribution >= 4 is 11.7 Å². The van der Waals surface area contributed by atoms with E-state index < -0.39 is 12.1 Å². The molecule has 2 rings (SSSR count). The molecule has 1 aromatic carbocycles. The van der Waals surface area contributed by atoms with E-state index in [1.807, 2.05) is 0 Å². The lowest BCUT2D eigenvalue weighted by Gasteiger charge is -2.24. The van der Waals surface area contributed by atoms with Crippen molar-refractivity contribution in [2.75, 3.05) is 19.4 Å². The van der Waals surface area contributed by atoms with E-state index in [9.17, 15) is 9.90 Å². The molecule has 1 saturated carbocycles. The highest BCUT2D eigenvalue weighted by atomic mass is 16.5. The second-order valence-corrected chi connectivity index (χ2v) is 5.64. The summed E-state index contributed by atoms with van der Waals surface area (Å²) in [5.41, 5.74) is 7.24. The van der Waals surface area contributed by atoms with Crippen LogP contribution in [0.5, 0.6) is 0 Å². The van der Waals surface area contributed by atoms with Gasteiger partial charge in [-0.2, -0.15) is 0 Å². The summed E-state index contributed by atoms with van der Waals surface area (Å²) in [5.74, 6) is -0.448. The van der Waals surface area contributed by atoms with E-state index in [1.54, 1.807) is 18.2 Å². The van der Waals surface area contributed by atoms with Gasteiger partial charge in [0.2, 0.25) is 0 Å². The average molecular weight is 292 g/mol. The van der Waals surface area contributed by atoms with Gasteiger partial charge in [-0.3, -0.25) is 0 Å². The summed E-state index contributed by atoms with van der Waals surface area (Å²) in [6.07, 6.45) is 5.45. The van der Waals surface area contributed by atoms with Crippen LogP contribution in [-0.4, -0.2) is 30.8 Å². The van der Waals surface area contributed by atoms with Crippen LogP contribution in [-0.2, 0) is 4.74 Å². The number of aliphatic hydroxyl groups is 1. The van der Waals surface area contributed by atoms with Gasteiger partial charge in [0.1, 0.15) is 0 Å². The number of benzene rings is 1. The number of aliphatic hydroxyl groups excluding tert-OH is 1. The molecular formula is C16H24N2O3. The molecule has 5 nitrogen and oxygen atoms in total. The van der Waals surface area contributed by atoms with Crippen molar-refractivity contribution in [3.63, 3.8) is 0 Å². The van der Waals surface area contributed by atoms with Crippen LogP contribution in [0.15, 0.2) is 18.2 Å². The molecule has 1 fully saturated rings. The Hall–Kier alpha value is -1.59. The molecule has 0 bridgehead atoms. The molecule has 0 spiro atoms. The van der Waals surface area contributed by atoms with Gasteiger partial charge in [0.25, 0.3) is 0 Å². The summed E-state index contributed by atoms with van der Waals surface area (Å²) in [5, 5.41) is 13.7. The summed E-state index contributed by atoms with van der Waals surface area (Å²) in [4.78, 5) is 11.6. The van der Waals surface area contributed by atoms with Crippen molar-refractivity contribution in [1.82, 2.24) is 5.32 Å². The van der Waals surface area contributed by atoms with Crippen molar-refractivity contribution in [2.45, 2.75) is 44.2 Å². The number of rotatable bonds is 5. The Balaban J connectivity index is 1.99. The molecule has 1 aromatic rings. The Bertz CT molecular complexity index is 484. The van der Waals surface area contributed by atoms with E-state index >= 15 is 0 Å². The monoisotopic (exact) mass is 292 g/mol. The van der Waals surface area contributed by atoms with Gasteiger partial charge in [0, 0.05) is 18.3 Å². The van der Waals surface area contributed by atoms with Gasteiger partial charge in [-0.1, -0.05) is 19.3 Å². The fourth-order valence-electron chi connectivity index (χ4n) is 2.81. The first-order chi connectivity index (χ1) is 10.1. The molecule has 116 valence electrons. The quantitative estimate of drug-likeness (QED) is 0.571. The third-order valence-electron chi connectivity index (χ3n) is 3.99. The van der Waals surface area contributed by atoms with Gasteiger partial charge in [-0.05, 0) is 36.6 Å². The minimum absolute atomic E-state index is 0.365. The first kappa shape index (κ1) is 15.8. The molecule has 0 aliphatic heterocycles. The molecule has 0 aromatic heterocycles. The molecular weight excluding hydrogens is 268 g/mol. The number of esters is 1. The van der Waals surface area contributed by atoms with Crippen LogP contribution in [0, 0.1) is 0 Å². The van der Waals surface area contributed by atoms with Crippen molar-refractivity contribution < 1.29 is 14.6 Å². The van der Waals surface area contributed by atoms with Crippen LogP contribution in [0.1, 0.15) is 54.1 Å². The highest BCUT2D eigenvalue weighted by Crippen LogP contribution is 2.21. The topological polar surface area (TPSA) is 84.6 Å². The molecule has 0 heterocycles. The summed E-state index contributed by atoms with van der Waals surface area (Å²) in [6, 6.07) is 5.36. The Labute approximate surface area is 125 Å². The average Bonchev–Trinajstić information content (AvgIpc) is 2.52. The van der Waals surface area contributed by atoms with Crippen molar-refractivity contribution in [1.29, 1.82) is 0 Å². The molecule has 1 aliphatic rings. The second kappa shape index (κ2) is 7.43. The van der Waals surface area contributed by atoms with E-state index in [2.05, 4.69) is 10.1 Å². The number of methoxy groups -OCH3 is 1. The summed E-state index contributed by atoms with van der Waals surface area (Å²) in [6.45, 7) is 0.467. The largest absolute Gasteiger partial charge is 0.465 e. The van der Waals surface area contributed by atoms with Crippen molar-refractivity contribution in [3.05, 3.63) is 29.3 Å². The lowest BCUT2D eigenvalue weighted by atomic mass is 9.95. The Morgan fingerprint density at radius 2 is 2.10 bits per heavy atom. The molecule has 1 aliphatic carbocycles. The van der Waals surface area contributed by atoms with E-state index in [0.717, 1.165) is 12.8 Å². The van der Waals surface area contributed by atoms with E-state index in [1.165, 1.54) is 26.4 Å². The van der Waals surface area contributed by atoms with Crippen LogP contribution in [0.3, 0.4) is 0 Å². The molecule has 4 N–H and O–H groups in total. The standard InChI is InChI=1S/C16H24N2O3/c1-21-16(20)12-7-11(8-13(17)9-12)15(19)10-18-14-5-3-2-4-6-14/h7-9,14-15,18-19H,2-6,10,17H2,1H3. The second-order valence-electron chi connectivity index (χ2n) is 5.64. The van der Waals surface area contributed by atoms with Crippen LogP contribution in [0.4, 0.5) is 5.69 Å². The fraction of sp³-hybridized carbons (Fsp3) is 0.562. The smallest absolute Gasteiger partial charge is 0.337 e. The van der Waals surface area contributed by atoms with Gasteiger partial charge < -0.3 is 20.9 Å². The Kier molecular flexibility index (Phi) is 5.59. The number of anilines is 1. The zero-order chi connectivity index (χ0) is 15.2. The Morgan fingerprint density at radius 1 is 1.38 bits per heavy atom. The lowest BCUT2D eigenvalue weighted by Crippen LogP contribution is -2.34. The van der Waals surface area contributed by atoms with Gasteiger partial charge in [-0.25, -0.2) is 4.79 Å². The maximum absolute atomic E-state index is 11.6. The molecule has 0 amide bonds. The number of nitrogens with two attached hydrogens (primary N) is 1. The van der Waals surface area contributed by atoms with Crippen LogP contribution < -0.4 is 11.1 Å². The number of hydrogen-bond donors (Lipinski definition) is 3. The van der Waals surface area contributed by atoms with E-state index in [4.69, 9.17) is 5.73 Å². The number of carbonyl (C=O) groups is 1. The van der Waals surface area contributed by atoms with Crippen LogP contribution in [0.25, 0.3) is 0 Å². The van der Waals surface area contributed by atoms with Gasteiger partial charge >= 0.3 is 5.97 Å². The predicted octanol–water partition coefficient (Wildman–Crippen LogP) is 2.01. The van der Waals surface area contributed by atoms with E-state index in [0.29, 0.717) is 29.4 Å². The molecule has 21 heavy (non-hydrogen) atoms. The molecule has 1 atom stereocenters. The number of carbonyl (C=O) groups excluding carboxylic acids is 1. The van der Waals surface area contributed by atoms with Gasteiger partial charge in [-0.15, -0.1) is 0 Å². The number of ether oxygens (including phenoxy) is 1. The van der Waals surface area contributed by atoms with Gasteiger partial charge in [0.15, 0.2) is 0 Å². The zero-order valence-electron chi connectivity index (χ0n) is 12.5. The molecule has 0 saturated heterocycles. The Morgan fingerprint density at radius 3 is 2.76 bits per heavy atom. The number of nitrogens with one attached hydrogen (secondary N) is 1. The summed E-state index contributed by atoms with van der Waals surface area (Å²) < 4.78 is 4.69. The first-order valence-corrected chi connectivity index (χ1v) is 7.50. The van der Waals surface area contributed by atoms with Crippen molar-refractivity contribution in [3.8, 4) is 0 Å². The predicted molar refractivity (Wildman–Crippen MR) is 82.0 cm³/mol. The summed E-state index contributed by atoms with van der Waals surface area (Å²) >= 11 is 0. The van der Waals surface area contributed by atoms with Crippen LogP contribution in [0.2, 0.25) is 0 Å². The highest BCUT2D eigenvalue weighted by Gasteiger charge is 2.17. The highest BCUT2D eigenvalue weighted by molar-refractivity contribution is 5.90. The molecule has 5 heteroatoms. The molecule has 0 radical (unpaired) electrons. The minimum Gasteiger partial charge on any atom is -0.465 e. The minimum atomic E-state index is -0.682.